The normalized spacial score (nSPS) is 26.2. The highest BCUT2D eigenvalue weighted by Crippen LogP contribution is 2.43. The summed E-state index contributed by atoms with van der Waals surface area (Å²) in [6.07, 6.45) is 4.48. The van der Waals surface area contributed by atoms with Gasteiger partial charge in [0.05, 0.1) is 19.4 Å². The van der Waals surface area contributed by atoms with Gasteiger partial charge < -0.3 is 14.5 Å². The fourth-order valence-electron chi connectivity index (χ4n) is 4.53. The van der Waals surface area contributed by atoms with E-state index in [4.69, 9.17) is 9.15 Å². The molecule has 1 aliphatic heterocycles. The van der Waals surface area contributed by atoms with Gasteiger partial charge >= 0.3 is 0 Å². The number of nitrogens with zero attached hydrogens (tertiary/aromatic N) is 1. The van der Waals surface area contributed by atoms with Crippen molar-refractivity contribution in [3.05, 3.63) is 59.6 Å². The summed E-state index contributed by atoms with van der Waals surface area (Å²) in [5.74, 6) is -1.83. The summed E-state index contributed by atoms with van der Waals surface area (Å²) in [5, 5.41) is 2.76. The Morgan fingerprint density at radius 1 is 1.27 bits per heavy atom. The van der Waals surface area contributed by atoms with E-state index in [0.29, 0.717) is 30.6 Å². The maximum atomic E-state index is 13.8. The van der Waals surface area contributed by atoms with Crippen molar-refractivity contribution in [2.24, 2.45) is 5.92 Å². The van der Waals surface area contributed by atoms with Gasteiger partial charge in [0.1, 0.15) is 29.2 Å². The molecule has 3 atom stereocenters. The Balaban J connectivity index is 1.63. The molecule has 1 saturated heterocycles. The number of carbonyl (C=O) groups is 2. The van der Waals surface area contributed by atoms with Crippen molar-refractivity contribution in [1.29, 1.82) is 0 Å². The van der Waals surface area contributed by atoms with Crippen LogP contribution in [0.5, 0.6) is 0 Å². The summed E-state index contributed by atoms with van der Waals surface area (Å²) in [5.41, 5.74) is -1.09. The summed E-state index contributed by atoms with van der Waals surface area (Å²) in [6.45, 7) is 2.27. The van der Waals surface area contributed by atoms with Crippen LogP contribution in [0, 0.1) is 17.6 Å². The molecule has 160 valence electrons. The van der Waals surface area contributed by atoms with E-state index in [1.54, 1.807) is 12.1 Å². The molecule has 1 saturated carbocycles. The zero-order chi connectivity index (χ0) is 21.3. The molecule has 0 bridgehead atoms. The average Bonchev–Trinajstić information content (AvgIpc) is 3.33. The minimum atomic E-state index is -0.954. The molecule has 1 spiro atoms. The molecule has 2 amide bonds. The van der Waals surface area contributed by atoms with E-state index < -0.39 is 35.2 Å². The predicted molar refractivity (Wildman–Crippen MR) is 103 cm³/mol. The molecule has 2 aliphatic rings. The lowest BCUT2D eigenvalue weighted by Crippen LogP contribution is -2.57. The van der Waals surface area contributed by atoms with E-state index >= 15 is 0 Å². The Hall–Kier alpha value is -2.74. The molecule has 2 fully saturated rings. The molecular weight excluding hydrogens is 394 g/mol. The van der Waals surface area contributed by atoms with Crippen molar-refractivity contribution in [2.45, 2.75) is 50.9 Å². The van der Waals surface area contributed by atoms with Crippen LogP contribution >= 0.6 is 0 Å². The van der Waals surface area contributed by atoms with Gasteiger partial charge in [0.2, 0.25) is 5.91 Å². The van der Waals surface area contributed by atoms with Gasteiger partial charge in [-0.2, -0.15) is 0 Å². The van der Waals surface area contributed by atoms with Crippen molar-refractivity contribution >= 4 is 11.8 Å². The van der Waals surface area contributed by atoms with Crippen LogP contribution in [0.3, 0.4) is 0 Å². The fraction of sp³-hybridized carbons (Fsp3) is 0.455. The van der Waals surface area contributed by atoms with Crippen molar-refractivity contribution in [1.82, 2.24) is 10.2 Å². The van der Waals surface area contributed by atoms with Crippen molar-refractivity contribution < 1.29 is 27.5 Å². The number of furan rings is 1. The second-order valence-corrected chi connectivity index (χ2v) is 8.10. The number of rotatable bonds is 4. The third-order valence-electron chi connectivity index (χ3n) is 5.84. The number of hydrogen-bond donors (Lipinski definition) is 1. The molecule has 2 heterocycles. The number of hydrogen-bond acceptors (Lipinski definition) is 4. The van der Waals surface area contributed by atoms with Crippen LogP contribution in [-0.2, 0) is 16.1 Å². The molecule has 4 rings (SSSR count). The summed E-state index contributed by atoms with van der Waals surface area (Å²) >= 11 is 0. The molecule has 30 heavy (non-hydrogen) atoms. The Labute approximate surface area is 173 Å². The molecule has 8 heteroatoms. The Kier molecular flexibility index (Phi) is 5.60. The first-order chi connectivity index (χ1) is 14.4. The molecule has 1 aromatic carbocycles. The first-order valence-corrected chi connectivity index (χ1v) is 10.1. The first-order valence-electron chi connectivity index (χ1n) is 10.1. The van der Waals surface area contributed by atoms with E-state index in [9.17, 15) is 18.4 Å². The highest BCUT2D eigenvalue weighted by atomic mass is 19.1. The van der Waals surface area contributed by atoms with Crippen LogP contribution in [0.4, 0.5) is 8.78 Å². The minimum absolute atomic E-state index is 0.0280. The molecule has 1 aromatic heterocycles. The predicted octanol–water partition coefficient (Wildman–Crippen LogP) is 3.62. The Morgan fingerprint density at radius 2 is 2.03 bits per heavy atom. The van der Waals surface area contributed by atoms with Crippen LogP contribution in [0.25, 0.3) is 0 Å². The third kappa shape index (κ3) is 3.96. The minimum Gasteiger partial charge on any atom is -0.467 e. The monoisotopic (exact) mass is 418 g/mol. The van der Waals surface area contributed by atoms with Gasteiger partial charge in [-0.05, 0) is 49.4 Å². The fourth-order valence-corrected chi connectivity index (χ4v) is 4.53. The van der Waals surface area contributed by atoms with E-state index in [1.165, 1.54) is 11.2 Å². The summed E-state index contributed by atoms with van der Waals surface area (Å²) < 4.78 is 38.8. The smallest absolute Gasteiger partial charge is 0.257 e. The highest BCUT2D eigenvalue weighted by molar-refractivity contribution is 5.98. The van der Waals surface area contributed by atoms with Crippen molar-refractivity contribution in [2.75, 3.05) is 6.61 Å². The van der Waals surface area contributed by atoms with Gasteiger partial charge in [-0.15, -0.1) is 0 Å². The van der Waals surface area contributed by atoms with Crippen LogP contribution in [0.2, 0.25) is 0 Å². The third-order valence-corrected chi connectivity index (χ3v) is 5.84. The summed E-state index contributed by atoms with van der Waals surface area (Å²) in [7, 11) is 0. The quantitative estimate of drug-likeness (QED) is 0.823. The Morgan fingerprint density at radius 3 is 2.70 bits per heavy atom. The highest BCUT2D eigenvalue weighted by Gasteiger charge is 2.54. The topological polar surface area (TPSA) is 71.8 Å². The zero-order valence-electron chi connectivity index (χ0n) is 16.7. The van der Waals surface area contributed by atoms with E-state index in [1.807, 2.05) is 0 Å². The van der Waals surface area contributed by atoms with E-state index in [2.05, 4.69) is 12.2 Å². The van der Waals surface area contributed by atoms with Crippen molar-refractivity contribution in [3.63, 3.8) is 0 Å². The van der Waals surface area contributed by atoms with E-state index in [-0.39, 0.29) is 18.7 Å². The van der Waals surface area contributed by atoms with Gasteiger partial charge in [-0.1, -0.05) is 13.3 Å². The van der Waals surface area contributed by atoms with E-state index in [0.717, 1.165) is 25.0 Å². The maximum absolute atomic E-state index is 13.8. The van der Waals surface area contributed by atoms with Gasteiger partial charge in [-0.3, -0.25) is 14.5 Å². The van der Waals surface area contributed by atoms with Gasteiger partial charge in [0.25, 0.3) is 5.91 Å². The number of ether oxygens (including phenoxy) is 1. The molecule has 2 aromatic rings. The molecule has 0 unspecified atom stereocenters. The molecule has 1 N–H and O–H groups in total. The summed E-state index contributed by atoms with van der Waals surface area (Å²) in [4.78, 5) is 27.7. The van der Waals surface area contributed by atoms with Crippen LogP contribution in [-0.4, -0.2) is 35.1 Å². The zero-order valence-corrected chi connectivity index (χ0v) is 16.7. The Bertz CT molecular complexity index is 913. The van der Waals surface area contributed by atoms with Crippen molar-refractivity contribution in [3.8, 4) is 0 Å². The van der Waals surface area contributed by atoms with Gasteiger partial charge in [-0.25, -0.2) is 8.78 Å². The van der Waals surface area contributed by atoms with Crippen LogP contribution < -0.4 is 5.32 Å². The number of carbonyl (C=O) groups excluding carboxylic acids is 2. The van der Waals surface area contributed by atoms with Crippen LogP contribution in [0.15, 0.2) is 41.0 Å². The molecule has 0 radical (unpaired) electrons. The van der Waals surface area contributed by atoms with Gasteiger partial charge in [0.15, 0.2) is 0 Å². The molecule has 1 aliphatic carbocycles. The SMILES string of the molecule is C[C@H]1CCC[C@@]2(C1)OC[C@@H](C(=O)NCc1ccco1)N2C(=O)c1cc(F)cc(F)c1. The average molecular weight is 418 g/mol. The molecular formula is C22H24F2N2O4. The summed E-state index contributed by atoms with van der Waals surface area (Å²) in [6, 6.07) is 5.23. The number of nitrogens with one attached hydrogen (secondary N) is 1. The second-order valence-electron chi connectivity index (χ2n) is 8.10. The second kappa shape index (κ2) is 8.18. The number of amides is 2. The lowest BCUT2D eigenvalue weighted by Gasteiger charge is -2.43. The first kappa shape index (κ1) is 20.5. The van der Waals surface area contributed by atoms with Gasteiger partial charge in [0, 0.05) is 11.6 Å². The lowest BCUT2D eigenvalue weighted by atomic mass is 9.83. The largest absolute Gasteiger partial charge is 0.467 e. The number of benzene rings is 1. The lowest BCUT2D eigenvalue weighted by molar-refractivity contribution is -0.128. The molecule has 6 nitrogen and oxygen atoms in total. The standard InChI is InChI=1S/C22H24F2N2O4/c1-14-4-2-6-22(11-14)26(21(28)15-8-16(23)10-17(24)9-15)19(13-30-22)20(27)25-12-18-5-3-7-29-18/h3,5,7-10,14,19H,2,4,6,11-13H2,1H3,(H,25,27)/t14-,19-,22-/m0/s1. The number of halogens is 2. The van der Waals surface area contributed by atoms with Crippen LogP contribution in [0.1, 0.15) is 48.7 Å². The maximum Gasteiger partial charge on any atom is 0.257 e.